The van der Waals surface area contributed by atoms with E-state index in [0.29, 0.717) is 22.4 Å². The van der Waals surface area contributed by atoms with Gasteiger partial charge < -0.3 is 25.2 Å². The van der Waals surface area contributed by atoms with E-state index in [9.17, 15) is 34.8 Å². The normalized spacial score (nSPS) is 28.3. The number of benzene rings is 2. The number of phenolic OH excluding ortho intramolecular Hbond substituents is 1. The van der Waals surface area contributed by atoms with Gasteiger partial charge >= 0.3 is 0 Å². The van der Waals surface area contributed by atoms with Crippen molar-refractivity contribution in [2.75, 3.05) is 7.11 Å². The first kappa shape index (κ1) is 31.3. The average Bonchev–Trinajstić information content (AvgIpc) is 2.93. The van der Waals surface area contributed by atoms with Gasteiger partial charge in [0.25, 0.3) is 0 Å². The van der Waals surface area contributed by atoms with Gasteiger partial charge in [0, 0.05) is 27.9 Å². The Bertz CT molecular complexity index is 1710. The van der Waals surface area contributed by atoms with Crippen molar-refractivity contribution in [1.29, 1.82) is 0 Å². The van der Waals surface area contributed by atoms with Crippen LogP contribution in [0.2, 0.25) is 0 Å². The first-order valence-corrected chi connectivity index (χ1v) is 15.0. The summed E-state index contributed by atoms with van der Waals surface area (Å²) in [4.78, 5) is 40.8. The molecule has 3 aliphatic carbocycles. The highest BCUT2D eigenvalue weighted by atomic mass is 16.5. The van der Waals surface area contributed by atoms with E-state index in [4.69, 9.17) is 4.74 Å². The second kappa shape index (κ2) is 10.5. The van der Waals surface area contributed by atoms with Gasteiger partial charge in [0.05, 0.1) is 12.7 Å². The number of ether oxygens (including phenoxy) is 1. The molecule has 3 aliphatic rings. The number of rotatable bonds is 6. The molecular formula is C36H40O8. The van der Waals surface area contributed by atoms with Crippen LogP contribution >= 0.6 is 0 Å². The molecule has 8 nitrogen and oxygen atoms in total. The molecule has 0 aliphatic heterocycles. The van der Waals surface area contributed by atoms with Crippen molar-refractivity contribution < 1.29 is 39.5 Å². The van der Waals surface area contributed by atoms with Crippen LogP contribution in [-0.4, -0.2) is 50.5 Å². The second-order valence-corrected chi connectivity index (χ2v) is 13.2. The summed E-state index contributed by atoms with van der Waals surface area (Å²) in [5.74, 6) is -4.78. The maximum Gasteiger partial charge on any atom is 0.209 e. The minimum absolute atomic E-state index is 0.0242. The first-order valence-electron chi connectivity index (χ1n) is 15.0. The molecule has 2 aromatic rings. The number of carbonyl (C=O) groups is 3. The maximum atomic E-state index is 14.4. The molecule has 5 rings (SSSR count). The van der Waals surface area contributed by atoms with E-state index in [1.54, 1.807) is 27.0 Å². The predicted octanol–water partition coefficient (Wildman–Crippen LogP) is 6.45. The Morgan fingerprint density at radius 2 is 1.77 bits per heavy atom. The highest BCUT2D eigenvalue weighted by Crippen LogP contribution is 2.65. The van der Waals surface area contributed by atoms with Crippen LogP contribution in [-0.2, 0) is 16.0 Å². The number of hydrogen-bond donors (Lipinski definition) is 4. The Balaban J connectivity index is 1.80. The van der Waals surface area contributed by atoms with E-state index < -0.39 is 56.8 Å². The largest absolute Gasteiger partial charge is 0.511 e. The Kier molecular flexibility index (Phi) is 7.44. The zero-order chi connectivity index (χ0) is 32.5. The number of ketones is 3. The summed E-state index contributed by atoms with van der Waals surface area (Å²) in [6, 6.07) is 8.88. The van der Waals surface area contributed by atoms with E-state index in [1.807, 2.05) is 51.1 Å². The van der Waals surface area contributed by atoms with Crippen LogP contribution in [0.1, 0.15) is 75.9 Å². The smallest absolute Gasteiger partial charge is 0.209 e. The molecule has 4 N–H and O–H groups in total. The number of aromatic hydroxyl groups is 1. The van der Waals surface area contributed by atoms with E-state index in [1.165, 1.54) is 6.07 Å². The summed E-state index contributed by atoms with van der Waals surface area (Å²) in [5, 5.41) is 46.5. The number of Topliss-reactive ketones (excluding diaryl/α,β-unsaturated/α-hetero) is 3. The van der Waals surface area contributed by atoms with Gasteiger partial charge in [-0.3, -0.25) is 14.4 Å². The third kappa shape index (κ3) is 4.10. The SMILES string of the molecule is CC/C=C/c1ccc(OC)c(-c2ccc(O)c3c2C[C@]2(C)C[C@]4(C)C(C(C)C)C(O)=C(C(C)=O)C(=O)[C@]4(O)C(O)=C2C3=O)c1. The lowest BCUT2D eigenvalue weighted by molar-refractivity contribution is -0.171. The molecule has 232 valence electrons. The third-order valence-electron chi connectivity index (χ3n) is 9.95. The van der Waals surface area contributed by atoms with Crippen molar-refractivity contribution in [2.45, 2.75) is 66.4 Å². The molecule has 8 heteroatoms. The molecule has 44 heavy (non-hydrogen) atoms. The summed E-state index contributed by atoms with van der Waals surface area (Å²) < 4.78 is 5.70. The molecule has 0 heterocycles. The predicted molar refractivity (Wildman–Crippen MR) is 167 cm³/mol. The van der Waals surface area contributed by atoms with Gasteiger partial charge in [0.1, 0.15) is 28.6 Å². The zero-order valence-electron chi connectivity index (χ0n) is 26.2. The van der Waals surface area contributed by atoms with Crippen LogP contribution in [0, 0.1) is 22.7 Å². The number of carbonyl (C=O) groups excluding carboxylic acids is 3. The first-order chi connectivity index (χ1) is 20.6. The van der Waals surface area contributed by atoms with E-state index >= 15 is 0 Å². The summed E-state index contributed by atoms with van der Waals surface area (Å²) in [6.45, 7) is 10.2. The number of allylic oxidation sites excluding steroid dienone is 3. The van der Waals surface area contributed by atoms with Crippen LogP contribution in [0.25, 0.3) is 17.2 Å². The number of aliphatic hydroxyl groups excluding tert-OH is 2. The fraction of sp³-hybridized carbons (Fsp3) is 0.417. The molecule has 0 spiro atoms. The quantitative estimate of drug-likeness (QED) is 0.278. The van der Waals surface area contributed by atoms with Gasteiger partial charge in [-0.1, -0.05) is 58.9 Å². The highest BCUT2D eigenvalue weighted by Gasteiger charge is 2.71. The fourth-order valence-electron chi connectivity index (χ4n) is 8.28. The van der Waals surface area contributed by atoms with Crippen molar-refractivity contribution in [3.05, 3.63) is 75.8 Å². The molecule has 0 bridgehead atoms. The molecule has 0 amide bonds. The minimum Gasteiger partial charge on any atom is -0.511 e. The maximum absolute atomic E-state index is 14.4. The minimum atomic E-state index is -2.65. The van der Waals surface area contributed by atoms with Crippen LogP contribution in [0.5, 0.6) is 11.5 Å². The molecule has 0 aromatic heterocycles. The van der Waals surface area contributed by atoms with Crippen LogP contribution < -0.4 is 4.74 Å². The van der Waals surface area contributed by atoms with Crippen molar-refractivity contribution in [3.8, 4) is 22.6 Å². The van der Waals surface area contributed by atoms with Gasteiger partial charge in [-0.2, -0.15) is 0 Å². The van der Waals surface area contributed by atoms with E-state index in [0.717, 1.165) is 18.9 Å². The fourth-order valence-corrected chi connectivity index (χ4v) is 8.28. The molecule has 2 aromatic carbocycles. The van der Waals surface area contributed by atoms with Gasteiger partial charge in [0.15, 0.2) is 17.2 Å². The standard InChI is InChI=1S/C36H40O8/c1-8-9-10-20-11-14-25(44-7)22(15-20)21-12-13-24(38)27-23(21)16-34(5)17-35(6)28(18(2)3)30(39)26(19(4)37)32(41)36(35,43)33(42)29(34)31(27)40/h9-15,18,28,38-39,42-43H,8,16-17H2,1-7H3/b10-9+/t28?,34-,35-,36+/m1/s1. The van der Waals surface area contributed by atoms with Crippen molar-refractivity contribution >= 4 is 23.4 Å². The second-order valence-electron chi connectivity index (χ2n) is 13.2. The van der Waals surface area contributed by atoms with Crippen LogP contribution in [0.4, 0.5) is 0 Å². The number of fused-ring (bicyclic) bond motifs is 3. The molecule has 1 unspecified atom stereocenters. The molecule has 0 fully saturated rings. The molecular weight excluding hydrogens is 560 g/mol. The Hall–Kier alpha value is -4.17. The Labute approximate surface area is 257 Å². The lowest BCUT2D eigenvalue weighted by atomic mass is 9.44. The zero-order valence-corrected chi connectivity index (χ0v) is 26.2. The van der Waals surface area contributed by atoms with E-state index in [-0.39, 0.29) is 35.6 Å². The summed E-state index contributed by atoms with van der Waals surface area (Å²) in [6.07, 6.45) is 5.07. The Morgan fingerprint density at radius 3 is 2.36 bits per heavy atom. The number of phenols is 1. The third-order valence-corrected chi connectivity index (χ3v) is 9.95. The lowest BCUT2D eigenvalue weighted by Gasteiger charge is -2.59. The monoisotopic (exact) mass is 600 g/mol. The molecule has 0 saturated heterocycles. The topological polar surface area (TPSA) is 141 Å². The highest BCUT2D eigenvalue weighted by molar-refractivity contribution is 6.25. The van der Waals surface area contributed by atoms with Gasteiger partial charge in [-0.25, -0.2) is 0 Å². The molecule has 0 radical (unpaired) electrons. The molecule has 0 saturated carbocycles. The van der Waals surface area contributed by atoms with E-state index in [2.05, 4.69) is 0 Å². The summed E-state index contributed by atoms with van der Waals surface area (Å²) >= 11 is 0. The number of aliphatic hydroxyl groups is 3. The number of methoxy groups -OCH3 is 1. The summed E-state index contributed by atoms with van der Waals surface area (Å²) in [7, 11) is 1.56. The van der Waals surface area contributed by atoms with Crippen molar-refractivity contribution in [3.63, 3.8) is 0 Å². The van der Waals surface area contributed by atoms with Gasteiger partial charge in [-0.05, 0) is 67.0 Å². The van der Waals surface area contributed by atoms with Gasteiger partial charge in [-0.15, -0.1) is 0 Å². The van der Waals surface area contributed by atoms with Crippen molar-refractivity contribution in [1.82, 2.24) is 0 Å². The van der Waals surface area contributed by atoms with Crippen LogP contribution in [0.3, 0.4) is 0 Å². The Morgan fingerprint density at radius 1 is 1.09 bits per heavy atom. The van der Waals surface area contributed by atoms with Crippen molar-refractivity contribution in [2.24, 2.45) is 22.7 Å². The number of hydrogen-bond acceptors (Lipinski definition) is 8. The average molecular weight is 601 g/mol. The van der Waals surface area contributed by atoms with Gasteiger partial charge in [0.2, 0.25) is 5.78 Å². The van der Waals surface area contributed by atoms with Crippen LogP contribution in [0.15, 0.2) is 59.1 Å². The lowest BCUT2D eigenvalue weighted by Crippen LogP contribution is -2.67. The summed E-state index contributed by atoms with van der Waals surface area (Å²) in [5.41, 5.74) is -3.17. The molecule has 4 atom stereocenters.